The van der Waals surface area contributed by atoms with Gasteiger partial charge in [-0.1, -0.05) is 18.2 Å². The maximum absolute atomic E-state index is 11.6. The predicted molar refractivity (Wildman–Crippen MR) is 59.0 cm³/mol. The minimum Gasteiger partial charge on any atom is -0.431 e. The molecule has 16 heavy (non-hydrogen) atoms. The van der Waals surface area contributed by atoms with Crippen molar-refractivity contribution in [2.45, 2.75) is 19.1 Å². The first-order valence-corrected chi connectivity index (χ1v) is 6.31. The molecule has 0 bridgehead atoms. The molecule has 1 aromatic rings. The molecule has 1 aliphatic heterocycles. The molecule has 0 saturated carbocycles. The summed E-state index contributed by atoms with van der Waals surface area (Å²) in [5.41, 5.74) is 0.474. The number of rotatable bonds is 2. The average Bonchev–Trinajstić information content (AvgIpc) is 2.30. The van der Waals surface area contributed by atoms with Gasteiger partial charge in [-0.25, -0.2) is 13.2 Å². The highest BCUT2D eigenvalue weighted by molar-refractivity contribution is 7.80. The van der Waals surface area contributed by atoms with Crippen LogP contribution in [0.4, 0.5) is 0 Å². The van der Waals surface area contributed by atoms with E-state index in [9.17, 15) is 9.00 Å². The SMILES string of the molecule is O=C(O[C@H]1CCC[S@@](=O)O1)c1ccccc1. The number of carbonyl (C=O) groups is 1. The van der Waals surface area contributed by atoms with Crippen LogP contribution in [0, 0.1) is 0 Å². The van der Waals surface area contributed by atoms with Gasteiger partial charge in [0.05, 0.1) is 5.56 Å². The number of esters is 1. The maximum atomic E-state index is 11.6. The maximum Gasteiger partial charge on any atom is 0.340 e. The number of hydrogen-bond acceptors (Lipinski definition) is 4. The van der Waals surface area contributed by atoms with Gasteiger partial charge in [0.15, 0.2) is 11.1 Å². The van der Waals surface area contributed by atoms with Crippen molar-refractivity contribution in [1.29, 1.82) is 0 Å². The molecule has 0 spiro atoms. The first-order chi connectivity index (χ1) is 7.75. The number of hydrogen-bond donors (Lipinski definition) is 0. The normalized spacial score (nSPS) is 25.0. The highest BCUT2D eigenvalue weighted by Crippen LogP contribution is 2.15. The summed E-state index contributed by atoms with van der Waals surface area (Å²) in [6, 6.07) is 8.68. The lowest BCUT2D eigenvalue weighted by atomic mass is 10.2. The Bertz CT molecular complexity index is 390. The van der Waals surface area contributed by atoms with Crippen molar-refractivity contribution in [1.82, 2.24) is 0 Å². The molecule has 86 valence electrons. The third kappa shape index (κ3) is 2.90. The summed E-state index contributed by atoms with van der Waals surface area (Å²) in [5.74, 6) is 0.0730. The van der Waals surface area contributed by atoms with E-state index in [1.165, 1.54) is 0 Å². The zero-order chi connectivity index (χ0) is 11.4. The summed E-state index contributed by atoms with van der Waals surface area (Å²) in [7, 11) is 0. The van der Waals surface area contributed by atoms with Crippen LogP contribution in [0.3, 0.4) is 0 Å². The van der Waals surface area contributed by atoms with E-state index in [1.807, 2.05) is 6.07 Å². The van der Waals surface area contributed by atoms with Crippen LogP contribution in [-0.2, 0) is 20.0 Å². The molecule has 0 amide bonds. The predicted octanol–water partition coefficient (Wildman–Crippen LogP) is 1.64. The molecular weight excluding hydrogens is 228 g/mol. The van der Waals surface area contributed by atoms with Gasteiger partial charge in [0.25, 0.3) is 0 Å². The molecule has 2 rings (SSSR count). The van der Waals surface area contributed by atoms with Gasteiger partial charge in [0, 0.05) is 12.2 Å². The molecule has 0 N–H and O–H groups in total. The summed E-state index contributed by atoms with van der Waals surface area (Å²) < 4.78 is 21.2. The summed E-state index contributed by atoms with van der Waals surface area (Å²) in [5, 5.41) is 0. The molecule has 1 aromatic carbocycles. The van der Waals surface area contributed by atoms with Crippen LogP contribution in [0.2, 0.25) is 0 Å². The third-order valence-electron chi connectivity index (χ3n) is 2.21. The molecule has 1 heterocycles. The van der Waals surface area contributed by atoms with Crippen LogP contribution in [0.15, 0.2) is 30.3 Å². The number of ether oxygens (including phenoxy) is 1. The first-order valence-electron chi connectivity index (χ1n) is 5.07. The second-order valence-electron chi connectivity index (χ2n) is 3.45. The van der Waals surface area contributed by atoms with Crippen LogP contribution in [0.25, 0.3) is 0 Å². The van der Waals surface area contributed by atoms with Crippen molar-refractivity contribution in [2.24, 2.45) is 0 Å². The second kappa shape index (κ2) is 5.23. The highest BCUT2D eigenvalue weighted by Gasteiger charge is 2.23. The van der Waals surface area contributed by atoms with Crippen molar-refractivity contribution in [2.75, 3.05) is 5.75 Å². The van der Waals surface area contributed by atoms with Crippen LogP contribution < -0.4 is 0 Å². The molecule has 4 nitrogen and oxygen atoms in total. The lowest BCUT2D eigenvalue weighted by Gasteiger charge is -2.21. The van der Waals surface area contributed by atoms with Crippen LogP contribution in [-0.4, -0.2) is 22.2 Å². The first kappa shape index (κ1) is 11.3. The fourth-order valence-corrected chi connectivity index (χ4v) is 2.30. The molecule has 1 aliphatic rings. The van der Waals surface area contributed by atoms with Gasteiger partial charge < -0.3 is 4.74 Å². The largest absolute Gasteiger partial charge is 0.431 e. The van der Waals surface area contributed by atoms with Crippen molar-refractivity contribution in [3.8, 4) is 0 Å². The van der Waals surface area contributed by atoms with E-state index in [2.05, 4.69) is 0 Å². The monoisotopic (exact) mass is 240 g/mol. The molecule has 0 radical (unpaired) electrons. The lowest BCUT2D eigenvalue weighted by Crippen LogP contribution is -2.27. The Morgan fingerprint density at radius 1 is 1.38 bits per heavy atom. The van der Waals surface area contributed by atoms with E-state index >= 15 is 0 Å². The van der Waals surface area contributed by atoms with Crippen molar-refractivity contribution in [3.63, 3.8) is 0 Å². The lowest BCUT2D eigenvalue weighted by molar-refractivity contribution is -0.0502. The Labute approximate surface area is 96.2 Å². The molecule has 2 atom stereocenters. The molecule has 0 unspecified atom stereocenters. The van der Waals surface area contributed by atoms with E-state index in [1.54, 1.807) is 24.3 Å². The topological polar surface area (TPSA) is 52.6 Å². The van der Waals surface area contributed by atoms with Crippen molar-refractivity contribution in [3.05, 3.63) is 35.9 Å². The smallest absolute Gasteiger partial charge is 0.340 e. The van der Waals surface area contributed by atoms with Gasteiger partial charge in [-0.05, 0) is 18.6 Å². The van der Waals surface area contributed by atoms with Gasteiger partial charge in [0.1, 0.15) is 0 Å². The van der Waals surface area contributed by atoms with E-state index in [0.717, 1.165) is 6.42 Å². The van der Waals surface area contributed by atoms with Crippen LogP contribution >= 0.6 is 0 Å². The summed E-state index contributed by atoms with van der Waals surface area (Å²) in [6.07, 6.45) is 0.672. The Kier molecular flexibility index (Phi) is 3.69. The van der Waals surface area contributed by atoms with Crippen molar-refractivity contribution >= 4 is 17.0 Å². The van der Waals surface area contributed by atoms with Crippen LogP contribution in [0.5, 0.6) is 0 Å². The Balaban J connectivity index is 1.95. The van der Waals surface area contributed by atoms with Gasteiger partial charge in [0.2, 0.25) is 6.29 Å². The average molecular weight is 240 g/mol. The number of carbonyl (C=O) groups excluding carboxylic acids is 1. The fourth-order valence-electron chi connectivity index (χ4n) is 1.42. The van der Waals surface area contributed by atoms with Gasteiger partial charge in [-0.3, -0.25) is 0 Å². The zero-order valence-corrected chi connectivity index (χ0v) is 9.44. The van der Waals surface area contributed by atoms with Crippen LogP contribution in [0.1, 0.15) is 23.2 Å². The van der Waals surface area contributed by atoms with Crippen molar-refractivity contribution < 1.29 is 17.9 Å². The van der Waals surface area contributed by atoms with E-state index in [0.29, 0.717) is 17.7 Å². The van der Waals surface area contributed by atoms with Gasteiger partial charge in [-0.2, -0.15) is 0 Å². The molecule has 0 aromatic heterocycles. The quantitative estimate of drug-likeness (QED) is 0.737. The molecule has 0 aliphatic carbocycles. The molecule has 1 fully saturated rings. The van der Waals surface area contributed by atoms with Gasteiger partial charge >= 0.3 is 5.97 Å². The fraction of sp³-hybridized carbons (Fsp3) is 0.364. The Morgan fingerprint density at radius 3 is 2.81 bits per heavy atom. The van der Waals surface area contributed by atoms with E-state index in [-0.39, 0.29) is 0 Å². The summed E-state index contributed by atoms with van der Waals surface area (Å²) >= 11 is -1.32. The minimum absolute atomic E-state index is 0.440. The molecule has 1 saturated heterocycles. The van der Waals surface area contributed by atoms with E-state index < -0.39 is 23.3 Å². The minimum atomic E-state index is -1.32. The summed E-state index contributed by atoms with van der Waals surface area (Å²) in [6.45, 7) is 0. The highest BCUT2D eigenvalue weighted by atomic mass is 32.2. The molecular formula is C11H12O4S. The Morgan fingerprint density at radius 2 is 2.12 bits per heavy atom. The zero-order valence-electron chi connectivity index (χ0n) is 8.63. The molecule has 5 heteroatoms. The Hall–Kier alpha value is -1.20. The number of benzene rings is 1. The summed E-state index contributed by atoms with van der Waals surface area (Å²) in [4.78, 5) is 11.6. The third-order valence-corrected chi connectivity index (χ3v) is 3.26. The second-order valence-corrected chi connectivity index (χ2v) is 4.66. The van der Waals surface area contributed by atoms with Gasteiger partial charge in [-0.15, -0.1) is 0 Å². The van der Waals surface area contributed by atoms with E-state index in [4.69, 9.17) is 8.92 Å². The standard InChI is InChI=1S/C11H12O4S/c12-11(9-5-2-1-3-6-9)14-10-7-4-8-16(13)15-10/h1-3,5-6,10H,4,7-8H2/t10-,16+/m1/s1.